The Bertz CT molecular complexity index is 754. The van der Waals surface area contributed by atoms with Crippen LogP contribution in [0.3, 0.4) is 0 Å². The third kappa shape index (κ3) is 3.29. The standard InChI is InChI=1S/C21H25NO3/c23-20-10-4-9-18(20)19-14-25-12-11-22(19)21(24)13-16-7-3-6-15-5-1-2-8-17(15)16/h1-3,5-8,18-20,23H,4,9-14H2/t18-,19+,20+/m0/s1. The molecule has 2 fully saturated rings. The first-order valence-electron chi connectivity index (χ1n) is 9.26. The zero-order chi connectivity index (χ0) is 17.2. The maximum atomic E-state index is 13.1. The van der Waals surface area contributed by atoms with Crippen LogP contribution < -0.4 is 0 Å². The average Bonchev–Trinajstić information content (AvgIpc) is 3.08. The van der Waals surface area contributed by atoms with Gasteiger partial charge in [0.15, 0.2) is 0 Å². The molecule has 4 rings (SSSR count). The van der Waals surface area contributed by atoms with Crippen molar-refractivity contribution in [3.8, 4) is 0 Å². The van der Waals surface area contributed by atoms with Crippen LogP contribution in [0.4, 0.5) is 0 Å². The predicted octanol–water partition coefficient (Wildman–Crippen LogP) is 2.77. The van der Waals surface area contributed by atoms with Gasteiger partial charge in [0.2, 0.25) is 5.91 Å². The summed E-state index contributed by atoms with van der Waals surface area (Å²) in [6.45, 7) is 1.75. The Kier molecular flexibility index (Phi) is 4.73. The number of aliphatic hydroxyl groups excluding tert-OH is 1. The minimum atomic E-state index is -0.306. The van der Waals surface area contributed by atoms with Crippen molar-refractivity contribution in [2.75, 3.05) is 19.8 Å². The Morgan fingerprint density at radius 2 is 2.00 bits per heavy atom. The zero-order valence-electron chi connectivity index (χ0n) is 14.4. The fourth-order valence-corrected chi connectivity index (χ4v) is 4.42. The molecule has 0 spiro atoms. The molecule has 4 heteroatoms. The molecule has 1 aliphatic heterocycles. The van der Waals surface area contributed by atoms with Crippen LogP contribution in [0, 0.1) is 5.92 Å². The number of ether oxygens (including phenoxy) is 1. The normalized spacial score (nSPS) is 26.9. The summed E-state index contributed by atoms with van der Waals surface area (Å²) >= 11 is 0. The lowest BCUT2D eigenvalue weighted by Crippen LogP contribution is -2.54. The van der Waals surface area contributed by atoms with Crippen LogP contribution in [0.2, 0.25) is 0 Å². The molecule has 0 unspecified atom stereocenters. The lowest BCUT2D eigenvalue weighted by molar-refractivity contribution is -0.143. The van der Waals surface area contributed by atoms with Crippen LogP contribution in [0.1, 0.15) is 24.8 Å². The van der Waals surface area contributed by atoms with Crippen molar-refractivity contribution in [1.29, 1.82) is 0 Å². The van der Waals surface area contributed by atoms with Gasteiger partial charge in [-0.25, -0.2) is 0 Å². The van der Waals surface area contributed by atoms with Gasteiger partial charge in [-0.05, 0) is 29.2 Å². The highest BCUT2D eigenvalue weighted by molar-refractivity contribution is 5.90. The highest BCUT2D eigenvalue weighted by Crippen LogP contribution is 2.32. The topological polar surface area (TPSA) is 49.8 Å². The van der Waals surface area contributed by atoms with Gasteiger partial charge in [0.25, 0.3) is 0 Å². The number of morpholine rings is 1. The Hall–Kier alpha value is -1.91. The number of benzene rings is 2. The van der Waals surface area contributed by atoms with E-state index in [9.17, 15) is 9.90 Å². The highest BCUT2D eigenvalue weighted by atomic mass is 16.5. The molecule has 1 aliphatic carbocycles. The lowest BCUT2D eigenvalue weighted by atomic mass is 9.93. The number of carbonyl (C=O) groups excluding carboxylic acids is 1. The van der Waals surface area contributed by atoms with E-state index in [4.69, 9.17) is 4.74 Å². The van der Waals surface area contributed by atoms with E-state index in [0.717, 1.165) is 35.6 Å². The molecule has 1 saturated heterocycles. The number of carbonyl (C=O) groups is 1. The molecule has 0 radical (unpaired) electrons. The van der Waals surface area contributed by atoms with Crippen molar-refractivity contribution in [2.45, 2.75) is 37.8 Å². The molecule has 2 aromatic rings. The molecule has 25 heavy (non-hydrogen) atoms. The van der Waals surface area contributed by atoms with E-state index < -0.39 is 0 Å². The number of amides is 1. The summed E-state index contributed by atoms with van der Waals surface area (Å²) in [7, 11) is 0. The van der Waals surface area contributed by atoms with Gasteiger partial charge in [-0.1, -0.05) is 48.9 Å². The molecular formula is C21H25NO3. The summed E-state index contributed by atoms with van der Waals surface area (Å²) in [5.74, 6) is 0.292. The fraction of sp³-hybridized carbons (Fsp3) is 0.476. The quantitative estimate of drug-likeness (QED) is 0.935. The van der Waals surface area contributed by atoms with Crippen LogP contribution >= 0.6 is 0 Å². The molecule has 1 N–H and O–H groups in total. The van der Waals surface area contributed by atoms with Crippen LogP contribution in [-0.4, -0.2) is 47.8 Å². The van der Waals surface area contributed by atoms with Gasteiger partial charge in [-0.3, -0.25) is 4.79 Å². The van der Waals surface area contributed by atoms with Gasteiger partial charge >= 0.3 is 0 Å². The third-order valence-electron chi connectivity index (χ3n) is 5.73. The fourth-order valence-electron chi connectivity index (χ4n) is 4.42. The maximum absolute atomic E-state index is 13.1. The molecule has 2 aromatic carbocycles. The first-order valence-corrected chi connectivity index (χ1v) is 9.26. The van der Waals surface area contributed by atoms with Crippen LogP contribution in [0.25, 0.3) is 10.8 Å². The van der Waals surface area contributed by atoms with Gasteiger partial charge in [-0.2, -0.15) is 0 Å². The molecule has 2 aliphatic rings. The Labute approximate surface area is 148 Å². The molecule has 132 valence electrons. The van der Waals surface area contributed by atoms with Crippen molar-refractivity contribution < 1.29 is 14.6 Å². The smallest absolute Gasteiger partial charge is 0.227 e. The second kappa shape index (κ2) is 7.14. The predicted molar refractivity (Wildman–Crippen MR) is 97.3 cm³/mol. The van der Waals surface area contributed by atoms with Crippen molar-refractivity contribution in [3.63, 3.8) is 0 Å². The van der Waals surface area contributed by atoms with Gasteiger partial charge < -0.3 is 14.7 Å². The van der Waals surface area contributed by atoms with Gasteiger partial charge in [-0.15, -0.1) is 0 Å². The van der Waals surface area contributed by atoms with Crippen molar-refractivity contribution >= 4 is 16.7 Å². The van der Waals surface area contributed by atoms with E-state index in [2.05, 4.69) is 18.2 Å². The average molecular weight is 339 g/mol. The monoisotopic (exact) mass is 339 g/mol. The molecule has 4 nitrogen and oxygen atoms in total. The molecular weight excluding hydrogens is 314 g/mol. The summed E-state index contributed by atoms with van der Waals surface area (Å²) in [5, 5.41) is 12.6. The number of fused-ring (bicyclic) bond motifs is 1. The van der Waals surface area contributed by atoms with Gasteiger partial charge in [0.1, 0.15) is 0 Å². The Balaban J connectivity index is 1.56. The maximum Gasteiger partial charge on any atom is 0.227 e. The molecule has 0 bridgehead atoms. The van der Waals surface area contributed by atoms with Gasteiger partial charge in [0, 0.05) is 12.5 Å². The van der Waals surface area contributed by atoms with Crippen molar-refractivity contribution in [2.24, 2.45) is 5.92 Å². The van der Waals surface area contributed by atoms with E-state index in [1.54, 1.807) is 0 Å². The summed E-state index contributed by atoms with van der Waals surface area (Å²) in [6.07, 6.45) is 2.95. The molecule has 1 amide bonds. The molecule has 1 heterocycles. The highest BCUT2D eigenvalue weighted by Gasteiger charge is 2.39. The SMILES string of the molecule is O=C(Cc1cccc2ccccc12)N1CCOC[C@@H]1[C@@H]1CCC[C@H]1O. The van der Waals surface area contributed by atoms with Gasteiger partial charge in [0.05, 0.1) is 31.8 Å². The number of nitrogens with zero attached hydrogens (tertiary/aromatic N) is 1. The number of hydrogen-bond acceptors (Lipinski definition) is 3. The Morgan fingerprint density at radius 1 is 1.16 bits per heavy atom. The molecule has 1 saturated carbocycles. The molecule has 0 aromatic heterocycles. The van der Waals surface area contributed by atoms with Crippen LogP contribution in [0.15, 0.2) is 42.5 Å². The minimum absolute atomic E-state index is 0.00808. The number of aliphatic hydroxyl groups is 1. The van der Waals surface area contributed by atoms with E-state index in [-0.39, 0.29) is 24.0 Å². The summed E-state index contributed by atoms with van der Waals surface area (Å²) in [6, 6.07) is 14.3. The van der Waals surface area contributed by atoms with Crippen molar-refractivity contribution in [3.05, 3.63) is 48.0 Å². The lowest BCUT2D eigenvalue weighted by Gasteiger charge is -2.40. The van der Waals surface area contributed by atoms with E-state index in [1.165, 1.54) is 0 Å². The second-order valence-electron chi connectivity index (χ2n) is 7.21. The van der Waals surface area contributed by atoms with Crippen LogP contribution in [0.5, 0.6) is 0 Å². The minimum Gasteiger partial charge on any atom is -0.393 e. The number of rotatable bonds is 3. The first kappa shape index (κ1) is 16.6. The summed E-state index contributed by atoms with van der Waals surface area (Å²) in [5.41, 5.74) is 1.07. The van der Waals surface area contributed by atoms with E-state index >= 15 is 0 Å². The third-order valence-corrected chi connectivity index (χ3v) is 5.73. The van der Waals surface area contributed by atoms with Crippen molar-refractivity contribution in [1.82, 2.24) is 4.90 Å². The first-order chi connectivity index (χ1) is 12.2. The number of hydrogen-bond donors (Lipinski definition) is 1. The zero-order valence-corrected chi connectivity index (χ0v) is 14.4. The van der Waals surface area contributed by atoms with E-state index in [0.29, 0.717) is 26.2 Å². The summed E-state index contributed by atoms with van der Waals surface area (Å²) < 4.78 is 5.64. The summed E-state index contributed by atoms with van der Waals surface area (Å²) in [4.78, 5) is 15.0. The van der Waals surface area contributed by atoms with E-state index in [1.807, 2.05) is 29.2 Å². The van der Waals surface area contributed by atoms with Crippen LogP contribution in [-0.2, 0) is 16.0 Å². The molecule has 3 atom stereocenters. The second-order valence-corrected chi connectivity index (χ2v) is 7.21. The Morgan fingerprint density at radius 3 is 2.84 bits per heavy atom. The largest absolute Gasteiger partial charge is 0.393 e.